The SMILES string of the molecule is [B][B][C@H]1CC(OC)[C@@H](COP(O)(=S)OC2=C(O)C([B])OC2COC)O1. The predicted molar refractivity (Wildman–Crippen MR) is 95.1 cm³/mol. The molecule has 2 aliphatic heterocycles. The fourth-order valence-electron chi connectivity index (χ4n) is 2.57. The highest BCUT2D eigenvalue weighted by atomic mass is 32.5. The second-order valence-electron chi connectivity index (χ2n) is 5.52. The average molecular weight is 387 g/mol. The zero-order valence-corrected chi connectivity index (χ0v) is 15.7. The lowest BCUT2D eigenvalue weighted by molar-refractivity contribution is -0.0194. The second-order valence-corrected chi connectivity index (χ2v) is 8.28. The minimum absolute atomic E-state index is 0.0630. The van der Waals surface area contributed by atoms with Crippen LogP contribution in [0, 0.1) is 0 Å². The summed E-state index contributed by atoms with van der Waals surface area (Å²) in [7, 11) is 15.5. The molecule has 8 nitrogen and oxygen atoms in total. The molecule has 6 atom stereocenters. The van der Waals surface area contributed by atoms with Gasteiger partial charge in [-0.05, 0) is 6.42 Å². The molecule has 0 spiro atoms. The number of aliphatic hydroxyl groups excluding tert-OH is 1. The fraction of sp³-hybridized carbons (Fsp3) is 0.833. The first kappa shape index (κ1) is 21.2. The topological polar surface area (TPSA) is 95.8 Å². The van der Waals surface area contributed by atoms with E-state index in [-0.39, 0.29) is 36.8 Å². The van der Waals surface area contributed by atoms with Crippen molar-refractivity contribution in [2.75, 3.05) is 27.4 Å². The molecule has 4 unspecified atom stereocenters. The molecule has 2 N–H and O–H groups in total. The molecule has 0 aromatic rings. The van der Waals surface area contributed by atoms with Gasteiger partial charge in [0.05, 0.1) is 32.5 Å². The molecular formula is C12H19B3O8PS. The van der Waals surface area contributed by atoms with Crippen LogP contribution in [0.4, 0.5) is 0 Å². The highest BCUT2D eigenvalue weighted by Crippen LogP contribution is 2.49. The summed E-state index contributed by atoms with van der Waals surface area (Å²) in [6, 6.07) is -1.35. The summed E-state index contributed by atoms with van der Waals surface area (Å²) in [5, 5.41) is 9.94. The smallest absolute Gasteiger partial charge is 0.377 e. The van der Waals surface area contributed by atoms with Crippen LogP contribution in [-0.2, 0) is 39.8 Å². The molecular weight excluding hydrogens is 368 g/mol. The molecule has 0 amide bonds. The largest absolute Gasteiger partial charge is 0.507 e. The molecule has 2 heterocycles. The van der Waals surface area contributed by atoms with E-state index < -0.39 is 24.9 Å². The van der Waals surface area contributed by atoms with Gasteiger partial charge in [-0.15, -0.1) is 0 Å². The van der Waals surface area contributed by atoms with Gasteiger partial charge in [0.15, 0.2) is 11.5 Å². The van der Waals surface area contributed by atoms with E-state index in [1.54, 1.807) is 7.11 Å². The van der Waals surface area contributed by atoms with E-state index in [0.717, 1.165) is 0 Å². The minimum atomic E-state index is -3.74. The Hall–Kier alpha value is -0.0552. The number of aliphatic hydroxyl groups is 1. The van der Waals surface area contributed by atoms with Crippen molar-refractivity contribution in [2.45, 2.75) is 36.7 Å². The maximum absolute atomic E-state index is 10.3. The van der Waals surface area contributed by atoms with E-state index in [2.05, 4.69) is 0 Å². The van der Waals surface area contributed by atoms with E-state index in [1.807, 2.05) is 0 Å². The van der Waals surface area contributed by atoms with Crippen LogP contribution in [0.15, 0.2) is 11.5 Å². The number of hydrogen-bond donors (Lipinski definition) is 2. The Morgan fingerprint density at radius 1 is 1.36 bits per heavy atom. The van der Waals surface area contributed by atoms with Gasteiger partial charge < -0.3 is 33.5 Å². The Balaban J connectivity index is 1.96. The van der Waals surface area contributed by atoms with Gasteiger partial charge in [-0.3, -0.25) is 4.52 Å². The monoisotopic (exact) mass is 387 g/mol. The van der Waals surface area contributed by atoms with Crippen LogP contribution < -0.4 is 0 Å². The van der Waals surface area contributed by atoms with E-state index in [1.165, 1.54) is 14.3 Å². The molecule has 0 aromatic heterocycles. The van der Waals surface area contributed by atoms with Crippen molar-refractivity contribution in [2.24, 2.45) is 0 Å². The van der Waals surface area contributed by atoms with Crippen LogP contribution in [0.1, 0.15) is 6.42 Å². The molecule has 1 saturated heterocycles. The fourth-order valence-corrected chi connectivity index (χ4v) is 3.84. The first-order chi connectivity index (χ1) is 11.8. The highest BCUT2D eigenvalue weighted by Gasteiger charge is 2.39. The van der Waals surface area contributed by atoms with Gasteiger partial charge in [-0.25, -0.2) is 0 Å². The summed E-state index contributed by atoms with van der Waals surface area (Å²) in [4.78, 5) is 10.3. The van der Waals surface area contributed by atoms with Crippen molar-refractivity contribution in [3.63, 3.8) is 0 Å². The molecule has 2 aliphatic rings. The molecule has 0 bridgehead atoms. The first-order valence-corrected chi connectivity index (χ1v) is 10.1. The van der Waals surface area contributed by atoms with Gasteiger partial charge in [0.1, 0.15) is 20.1 Å². The molecule has 135 valence electrons. The van der Waals surface area contributed by atoms with Gasteiger partial charge in [0, 0.05) is 39.8 Å². The minimum Gasteiger partial charge on any atom is -0.507 e. The third-order valence-electron chi connectivity index (χ3n) is 3.81. The van der Waals surface area contributed by atoms with Crippen LogP contribution in [0.5, 0.6) is 0 Å². The van der Waals surface area contributed by atoms with Crippen LogP contribution >= 0.6 is 6.72 Å². The van der Waals surface area contributed by atoms with Crippen molar-refractivity contribution in [1.29, 1.82) is 0 Å². The molecule has 0 saturated carbocycles. The number of rotatable bonds is 9. The zero-order chi connectivity index (χ0) is 18.6. The van der Waals surface area contributed by atoms with Crippen LogP contribution in [-0.4, -0.2) is 90.5 Å². The first-order valence-electron chi connectivity index (χ1n) is 7.54. The number of methoxy groups -OCH3 is 2. The predicted octanol–water partition coefficient (Wildman–Crippen LogP) is -0.536. The standard InChI is InChI=1S/C12H19B3O8PS/c1-18-4-8-11(10(16)12(13)22-8)23-24(17,25)20-5-7-6(19-2)3-9(15-14)21-7/h6-9,12,16H,3-5H2,1-2H3,(H,17,25)/t6?,7-,8?,9-,12?,24?/m1/s1. The Morgan fingerprint density at radius 2 is 2.08 bits per heavy atom. The average Bonchev–Trinajstić information content (AvgIpc) is 3.09. The van der Waals surface area contributed by atoms with Crippen molar-refractivity contribution in [1.82, 2.24) is 0 Å². The van der Waals surface area contributed by atoms with Gasteiger partial charge in [-0.1, -0.05) is 0 Å². The lowest BCUT2D eigenvalue weighted by Gasteiger charge is -2.23. The Morgan fingerprint density at radius 3 is 2.68 bits per heavy atom. The Bertz CT molecular complexity index is 538. The molecule has 25 heavy (non-hydrogen) atoms. The van der Waals surface area contributed by atoms with E-state index in [9.17, 15) is 10.00 Å². The maximum Gasteiger partial charge on any atom is 0.377 e. The van der Waals surface area contributed by atoms with Gasteiger partial charge in [0.25, 0.3) is 0 Å². The summed E-state index contributed by atoms with van der Waals surface area (Å²) in [5.74, 6) is -0.456. The summed E-state index contributed by atoms with van der Waals surface area (Å²) in [6.45, 7) is -3.74. The van der Waals surface area contributed by atoms with Crippen molar-refractivity contribution in [3.8, 4) is 0 Å². The third kappa shape index (κ3) is 5.46. The van der Waals surface area contributed by atoms with Crippen LogP contribution in [0.2, 0.25) is 0 Å². The number of ether oxygens (including phenoxy) is 4. The Labute approximate surface area is 155 Å². The van der Waals surface area contributed by atoms with Gasteiger partial charge >= 0.3 is 6.72 Å². The van der Waals surface area contributed by atoms with Crippen LogP contribution in [0.3, 0.4) is 0 Å². The highest BCUT2D eigenvalue weighted by molar-refractivity contribution is 8.07. The lowest BCUT2D eigenvalue weighted by Crippen LogP contribution is -2.28. The maximum atomic E-state index is 10.3. The Kier molecular flexibility index (Phi) is 7.85. The van der Waals surface area contributed by atoms with E-state index in [0.29, 0.717) is 6.42 Å². The summed E-state index contributed by atoms with van der Waals surface area (Å²) in [6.07, 6.45) is -0.936. The van der Waals surface area contributed by atoms with Crippen molar-refractivity contribution in [3.05, 3.63) is 11.5 Å². The second kappa shape index (κ2) is 9.24. The molecule has 0 aromatic carbocycles. The summed E-state index contributed by atoms with van der Waals surface area (Å²) < 4.78 is 31.8. The molecule has 13 heteroatoms. The molecule has 5 radical (unpaired) electrons. The molecule has 2 rings (SSSR count). The lowest BCUT2D eigenvalue weighted by atomic mass is 9.51. The summed E-state index contributed by atoms with van der Waals surface area (Å²) in [5.41, 5.74) is 0. The normalized spacial score (nSPS) is 34.9. The third-order valence-corrected chi connectivity index (χ3v) is 5.25. The number of hydrogen-bond acceptors (Lipinski definition) is 8. The van der Waals surface area contributed by atoms with E-state index >= 15 is 0 Å². The summed E-state index contributed by atoms with van der Waals surface area (Å²) >= 11 is 4.99. The van der Waals surface area contributed by atoms with Crippen molar-refractivity contribution >= 4 is 41.3 Å². The van der Waals surface area contributed by atoms with Gasteiger partial charge in [0.2, 0.25) is 0 Å². The van der Waals surface area contributed by atoms with Gasteiger partial charge in [-0.2, -0.15) is 0 Å². The van der Waals surface area contributed by atoms with E-state index in [4.69, 9.17) is 55.4 Å². The van der Waals surface area contributed by atoms with Crippen LogP contribution in [0.25, 0.3) is 0 Å². The van der Waals surface area contributed by atoms with Crippen molar-refractivity contribution < 1.29 is 38.0 Å². The molecule has 0 aliphatic carbocycles. The quantitative estimate of drug-likeness (QED) is 0.400. The molecule has 1 fully saturated rings. The zero-order valence-electron chi connectivity index (χ0n) is 13.9.